The van der Waals surface area contributed by atoms with Crippen molar-refractivity contribution in [3.05, 3.63) is 0 Å². The van der Waals surface area contributed by atoms with Gasteiger partial charge in [0.1, 0.15) is 6.61 Å². The van der Waals surface area contributed by atoms with Crippen molar-refractivity contribution in [3.8, 4) is 0 Å². The van der Waals surface area contributed by atoms with Crippen LogP contribution in [0, 0.1) is 0 Å². The first-order valence-corrected chi connectivity index (χ1v) is 3.20. The van der Waals surface area contributed by atoms with Crippen molar-refractivity contribution in [3.63, 3.8) is 0 Å². The molecule has 1 aliphatic rings. The van der Waals surface area contributed by atoms with E-state index in [-0.39, 0.29) is 25.0 Å². The van der Waals surface area contributed by atoms with Gasteiger partial charge in [-0.2, -0.15) is 4.99 Å². The summed E-state index contributed by atoms with van der Waals surface area (Å²) in [4.78, 5) is 18.8. The normalized spacial score (nSPS) is 19.2. The second kappa shape index (κ2) is 3.67. The summed E-state index contributed by atoms with van der Waals surface area (Å²) in [5.74, 6) is -0.655. The molecular weight excluding hydrogens is 164 g/mol. The van der Waals surface area contributed by atoms with E-state index in [0.29, 0.717) is 0 Å². The first kappa shape index (κ1) is 8.47. The number of hydrogen-bond donors (Lipinski definition) is 3. The molecule has 1 aliphatic heterocycles. The molecule has 1 heterocycles. The van der Waals surface area contributed by atoms with Crippen molar-refractivity contribution < 1.29 is 14.7 Å². The zero-order valence-electron chi connectivity index (χ0n) is 6.15. The maximum absolute atomic E-state index is 10.8. The number of nitrogens with zero attached hydrogens (tertiary/aromatic N) is 2. The first-order valence-electron chi connectivity index (χ1n) is 3.20. The SMILES string of the molecule is NC1=N/C(=N\OCCO)C(=O)N1. The van der Waals surface area contributed by atoms with E-state index in [4.69, 9.17) is 10.8 Å². The van der Waals surface area contributed by atoms with Gasteiger partial charge in [-0.1, -0.05) is 5.16 Å². The summed E-state index contributed by atoms with van der Waals surface area (Å²) in [6.07, 6.45) is 0. The van der Waals surface area contributed by atoms with Gasteiger partial charge in [0, 0.05) is 0 Å². The van der Waals surface area contributed by atoms with Crippen LogP contribution in [0.1, 0.15) is 0 Å². The zero-order valence-corrected chi connectivity index (χ0v) is 6.15. The molecule has 0 aliphatic carbocycles. The Labute approximate surface area is 67.9 Å². The Kier molecular flexibility index (Phi) is 2.59. The fourth-order valence-electron chi connectivity index (χ4n) is 0.575. The monoisotopic (exact) mass is 172 g/mol. The molecule has 0 aromatic carbocycles. The van der Waals surface area contributed by atoms with Crippen LogP contribution in [0.25, 0.3) is 0 Å². The second-order valence-electron chi connectivity index (χ2n) is 1.92. The summed E-state index contributed by atoms with van der Waals surface area (Å²) < 4.78 is 0. The molecule has 12 heavy (non-hydrogen) atoms. The van der Waals surface area contributed by atoms with E-state index in [9.17, 15) is 4.79 Å². The molecule has 1 rings (SSSR count). The predicted molar refractivity (Wildman–Crippen MR) is 40.2 cm³/mol. The molecule has 66 valence electrons. The molecule has 0 atom stereocenters. The topological polar surface area (TPSA) is 109 Å². The average molecular weight is 172 g/mol. The molecule has 0 spiro atoms. The van der Waals surface area contributed by atoms with E-state index in [1.165, 1.54) is 0 Å². The van der Waals surface area contributed by atoms with Crippen molar-refractivity contribution >= 4 is 17.7 Å². The summed E-state index contributed by atoms with van der Waals surface area (Å²) in [5.41, 5.74) is 5.15. The maximum Gasteiger partial charge on any atom is 0.299 e. The third-order valence-corrected chi connectivity index (χ3v) is 1.00. The number of oxime groups is 1. The third kappa shape index (κ3) is 1.92. The lowest BCUT2D eigenvalue weighted by Crippen LogP contribution is -2.31. The lowest BCUT2D eigenvalue weighted by atomic mass is 10.6. The Morgan fingerprint density at radius 2 is 2.50 bits per heavy atom. The highest BCUT2D eigenvalue weighted by molar-refractivity contribution is 6.45. The number of aliphatic hydroxyl groups excluding tert-OH is 1. The van der Waals surface area contributed by atoms with Crippen molar-refractivity contribution in [2.45, 2.75) is 0 Å². The maximum atomic E-state index is 10.8. The molecular formula is C5H8N4O3. The first-order chi connectivity index (χ1) is 5.74. The smallest absolute Gasteiger partial charge is 0.299 e. The molecule has 0 fully saturated rings. The highest BCUT2D eigenvalue weighted by Crippen LogP contribution is 1.90. The van der Waals surface area contributed by atoms with Gasteiger partial charge in [-0.05, 0) is 0 Å². The molecule has 1 amide bonds. The Hall–Kier alpha value is -1.63. The third-order valence-electron chi connectivity index (χ3n) is 1.00. The van der Waals surface area contributed by atoms with Crippen LogP contribution in [-0.2, 0) is 9.63 Å². The number of guanidine groups is 1. The second-order valence-corrected chi connectivity index (χ2v) is 1.92. The molecule has 0 aromatic rings. The van der Waals surface area contributed by atoms with Crippen LogP contribution in [0.5, 0.6) is 0 Å². The van der Waals surface area contributed by atoms with Crippen LogP contribution in [0.15, 0.2) is 10.1 Å². The Morgan fingerprint density at radius 1 is 1.75 bits per heavy atom. The van der Waals surface area contributed by atoms with E-state index < -0.39 is 5.91 Å². The van der Waals surface area contributed by atoms with Gasteiger partial charge in [-0.25, -0.2) is 0 Å². The molecule has 7 heteroatoms. The fourth-order valence-corrected chi connectivity index (χ4v) is 0.575. The van der Waals surface area contributed by atoms with E-state index in [0.717, 1.165) is 0 Å². The summed E-state index contributed by atoms with van der Waals surface area (Å²) in [5, 5.41) is 13.8. The summed E-state index contributed by atoms with van der Waals surface area (Å²) in [6.45, 7) is -0.149. The number of nitrogens with two attached hydrogens (primary N) is 1. The number of amides is 1. The molecule has 0 saturated heterocycles. The Bertz CT molecular complexity index is 247. The highest BCUT2D eigenvalue weighted by Gasteiger charge is 2.19. The molecule has 4 N–H and O–H groups in total. The van der Waals surface area contributed by atoms with Gasteiger partial charge in [-0.15, -0.1) is 0 Å². The quantitative estimate of drug-likeness (QED) is 0.330. The molecule has 7 nitrogen and oxygen atoms in total. The number of carbonyl (C=O) groups is 1. The minimum atomic E-state index is -0.509. The highest BCUT2D eigenvalue weighted by atomic mass is 16.6. The van der Waals surface area contributed by atoms with Crippen molar-refractivity contribution in [2.75, 3.05) is 13.2 Å². The van der Waals surface area contributed by atoms with E-state index in [1.54, 1.807) is 0 Å². The zero-order chi connectivity index (χ0) is 8.97. The molecule has 0 aromatic heterocycles. The van der Waals surface area contributed by atoms with Gasteiger partial charge >= 0.3 is 0 Å². The van der Waals surface area contributed by atoms with Gasteiger partial charge in [0.2, 0.25) is 5.96 Å². The van der Waals surface area contributed by atoms with Gasteiger partial charge in [0.25, 0.3) is 11.7 Å². The van der Waals surface area contributed by atoms with Gasteiger partial charge in [-0.3, -0.25) is 10.1 Å². The average Bonchev–Trinajstić information content (AvgIpc) is 2.31. The van der Waals surface area contributed by atoms with E-state index in [2.05, 4.69) is 20.3 Å². The summed E-state index contributed by atoms with van der Waals surface area (Å²) in [6, 6.07) is 0. The molecule has 0 saturated carbocycles. The molecule has 0 unspecified atom stereocenters. The van der Waals surface area contributed by atoms with E-state index >= 15 is 0 Å². The van der Waals surface area contributed by atoms with Crippen LogP contribution in [0.4, 0.5) is 0 Å². The number of rotatable bonds is 3. The lowest BCUT2D eigenvalue weighted by Gasteiger charge is -1.93. The van der Waals surface area contributed by atoms with Gasteiger partial charge < -0.3 is 15.7 Å². The van der Waals surface area contributed by atoms with Crippen LogP contribution < -0.4 is 11.1 Å². The standard InChI is InChI=1S/C5H8N4O3/c6-5-7-3(4(11)8-5)9-12-2-1-10/h10H,1-2H2,(H3,6,7,8,9,11). The number of hydrogen-bond acceptors (Lipinski definition) is 5. The summed E-state index contributed by atoms with van der Waals surface area (Å²) >= 11 is 0. The van der Waals surface area contributed by atoms with Crippen LogP contribution in [-0.4, -0.2) is 36.0 Å². The molecule has 0 radical (unpaired) electrons. The minimum Gasteiger partial charge on any atom is -0.393 e. The number of aliphatic imine (C=N–C) groups is 1. The predicted octanol–water partition coefficient (Wildman–Crippen LogP) is -2.25. The number of amidine groups is 1. The van der Waals surface area contributed by atoms with Crippen molar-refractivity contribution in [1.82, 2.24) is 5.32 Å². The Morgan fingerprint density at radius 3 is 3.00 bits per heavy atom. The number of carbonyl (C=O) groups excluding carboxylic acids is 1. The van der Waals surface area contributed by atoms with Crippen molar-refractivity contribution in [1.29, 1.82) is 0 Å². The van der Waals surface area contributed by atoms with Crippen LogP contribution >= 0.6 is 0 Å². The van der Waals surface area contributed by atoms with Crippen molar-refractivity contribution in [2.24, 2.45) is 15.9 Å². The van der Waals surface area contributed by atoms with Crippen LogP contribution in [0.2, 0.25) is 0 Å². The minimum absolute atomic E-state index is 0.00801. The van der Waals surface area contributed by atoms with Gasteiger partial charge in [0.05, 0.1) is 6.61 Å². The fraction of sp³-hybridized carbons (Fsp3) is 0.400. The van der Waals surface area contributed by atoms with Crippen LogP contribution in [0.3, 0.4) is 0 Å². The van der Waals surface area contributed by atoms with Gasteiger partial charge in [0.15, 0.2) is 0 Å². The van der Waals surface area contributed by atoms with E-state index in [1.807, 2.05) is 0 Å². The Balaban J connectivity index is 2.51. The lowest BCUT2D eigenvalue weighted by molar-refractivity contribution is -0.113. The number of aliphatic hydroxyl groups is 1. The largest absolute Gasteiger partial charge is 0.393 e. The molecule has 0 bridgehead atoms. The summed E-state index contributed by atoms with van der Waals surface area (Å²) in [7, 11) is 0. The number of nitrogens with one attached hydrogen (secondary N) is 1.